The number of fused-ring (bicyclic) bond motifs is 1. The van der Waals surface area contributed by atoms with Gasteiger partial charge in [0.1, 0.15) is 5.75 Å². The minimum atomic E-state index is -0.632. The highest BCUT2D eigenvalue weighted by Crippen LogP contribution is 2.41. The van der Waals surface area contributed by atoms with Crippen LogP contribution in [0.2, 0.25) is 0 Å². The van der Waals surface area contributed by atoms with Crippen LogP contribution < -0.4 is 4.74 Å². The Kier molecular flexibility index (Phi) is 3.95. The Balaban J connectivity index is 1.91. The van der Waals surface area contributed by atoms with Crippen molar-refractivity contribution in [2.24, 2.45) is 0 Å². The normalized spacial score (nSPS) is 17.3. The lowest BCUT2D eigenvalue weighted by molar-refractivity contribution is 0.100. The zero-order valence-electron chi connectivity index (χ0n) is 11.9. The third-order valence-corrected chi connectivity index (χ3v) is 4.43. The Morgan fingerprint density at radius 2 is 1.62 bits per heavy atom. The fraction of sp³-hybridized carbons (Fsp3) is 0.333. The highest BCUT2D eigenvalue weighted by molar-refractivity contribution is 5.40. The van der Waals surface area contributed by atoms with Gasteiger partial charge in [0.15, 0.2) is 0 Å². The average molecular weight is 284 g/mol. The molecule has 0 aromatic heterocycles. The van der Waals surface area contributed by atoms with E-state index >= 15 is 0 Å². The molecule has 1 aliphatic heterocycles. The van der Waals surface area contributed by atoms with Gasteiger partial charge in [0.25, 0.3) is 0 Å². The Morgan fingerprint density at radius 1 is 0.952 bits per heavy atom. The number of aliphatic hydroxyl groups is 2. The summed E-state index contributed by atoms with van der Waals surface area (Å²) in [6.07, 6.45) is 0.668. The molecule has 2 aromatic rings. The smallest absolute Gasteiger partial charge is 0.122 e. The molecule has 1 atom stereocenters. The summed E-state index contributed by atoms with van der Waals surface area (Å²) in [6, 6.07) is 17.8. The van der Waals surface area contributed by atoms with Gasteiger partial charge in [-0.05, 0) is 18.1 Å². The molecule has 3 rings (SSSR count). The Hall–Kier alpha value is -1.84. The number of rotatable bonds is 5. The molecule has 0 bridgehead atoms. The van der Waals surface area contributed by atoms with Crippen LogP contribution in [0.5, 0.6) is 5.75 Å². The van der Waals surface area contributed by atoms with E-state index in [4.69, 9.17) is 4.74 Å². The number of hydrogen-bond acceptors (Lipinski definition) is 3. The largest absolute Gasteiger partial charge is 0.493 e. The average Bonchev–Trinajstić information content (AvgIpc) is 2.96. The lowest BCUT2D eigenvalue weighted by Gasteiger charge is -2.32. The van der Waals surface area contributed by atoms with Gasteiger partial charge in [-0.2, -0.15) is 0 Å². The number of para-hydroxylation sites is 1. The zero-order chi connectivity index (χ0) is 14.7. The summed E-state index contributed by atoms with van der Waals surface area (Å²) >= 11 is 0. The van der Waals surface area contributed by atoms with E-state index in [9.17, 15) is 10.2 Å². The molecule has 0 radical (unpaired) electrons. The van der Waals surface area contributed by atoms with Crippen molar-refractivity contribution in [1.82, 2.24) is 0 Å². The first-order valence-corrected chi connectivity index (χ1v) is 7.28. The van der Waals surface area contributed by atoms with Crippen molar-refractivity contribution in [1.29, 1.82) is 0 Å². The molecular weight excluding hydrogens is 264 g/mol. The standard InChI is InChI=1S/C18H20O3/c19-12-18(13-20,15-6-2-1-3-7-15)10-14-11-21-17-9-5-4-8-16(14)17/h1-9,14,19-20H,10-13H2. The van der Waals surface area contributed by atoms with Crippen LogP contribution in [-0.2, 0) is 5.41 Å². The van der Waals surface area contributed by atoms with Crippen molar-refractivity contribution in [3.63, 3.8) is 0 Å². The van der Waals surface area contributed by atoms with Gasteiger partial charge in [0.05, 0.1) is 19.8 Å². The number of hydrogen-bond donors (Lipinski definition) is 2. The van der Waals surface area contributed by atoms with Crippen molar-refractivity contribution in [2.75, 3.05) is 19.8 Å². The maximum atomic E-state index is 9.94. The predicted molar refractivity (Wildman–Crippen MR) is 81.6 cm³/mol. The minimum absolute atomic E-state index is 0.0772. The molecule has 21 heavy (non-hydrogen) atoms. The molecule has 3 heteroatoms. The fourth-order valence-corrected chi connectivity index (χ4v) is 3.14. The van der Waals surface area contributed by atoms with E-state index < -0.39 is 5.41 Å². The van der Waals surface area contributed by atoms with Gasteiger partial charge in [-0.25, -0.2) is 0 Å². The molecule has 0 saturated carbocycles. The maximum Gasteiger partial charge on any atom is 0.122 e. The molecule has 2 aromatic carbocycles. The van der Waals surface area contributed by atoms with Crippen molar-refractivity contribution >= 4 is 0 Å². The summed E-state index contributed by atoms with van der Waals surface area (Å²) in [5.74, 6) is 1.11. The van der Waals surface area contributed by atoms with Crippen LogP contribution in [0.4, 0.5) is 0 Å². The summed E-state index contributed by atoms with van der Waals surface area (Å²) in [5, 5.41) is 19.9. The van der Waals surface area contributed by atoms with Crippen molar-refractivity contribution in [3.05, 3.63) is 65.7 Å². The Bertz CT molecular complexity index is 590. The van der Waals surface area contributed by atoms with E-state index in [1.54, 1.807) is 0 Å². The summed E-state index contributed by atoms with van der Waals surface area (Å²) in [5.41, 5.74) is 1.51. The van der Waals surface area contributed by atoms with Crippen molar-refractivity contribution < 1.29 is 14.9 Å². The molecule has 3 nitrogen and oxygen atoms in total. The van der Waals surface area contributed by atoms with Gasteiger partial charge in [-0.1, -0.05) is 48.5 Å². The molecule has 0 aliphatic carbocycles. The zero-order valence-corrected chi connectivity index (χ0v) is 11.9. The van der Waals surface area contributed by atoms with E-state index in [0.717, 1.165) is 11.3 Å². The molecule has 2 N–H and O–H groups in total. The van der Waals surface area contributed by atoms with Crippen LogP contribution in [0.15, 0.2) is 54.6 Å². The van der Waals surface area contributed by atoms with Crippen LogP contribution >= 0.6 is 0 Å². The number of aliphatic hydroxyl groups excluding tert-OH is 2. The SMILES string of the molecule is OCC(CO)(CC1COc2ccccc21)c1ccccc1. The van der Waals surface area contributed by atoms with E-state index in [1.807, 2.05) is 48.5 Å². The van der Waals surface area contributed by atoms with Gasteiger partial charge in [0, 0.05) is 16.9 Å². The lowest BCUT2D eigenvalue weighted by atomic mass is 9.74. The summed E-state index contributed by atoms with van der Waals surface area (Å²) < 4.78 is 5.72. The van der Waals surface area contributed by atoms with Crippen molar-refractivity contribution in [2.45, 2.75) is 17.8 Å². The molecule has 110 valence electrons. The van der Waals surface area contributed by atoms with E-state index in [1.165, 1.54) is 5.56 Å². The van der Waals surface area contributed by atoms with Gasteiger partial charge in [-0.3, -0.25) is 0 Å². The molecule has 1 unspecified atom stereocenters. The Morgan fingerprint density at radius 3 is 2.33 bits per heavy atom. The maximum absolute atomic E-state index is 9.94. The fourth-order valence-electron chi connectivity index (χ4n) is 3.14. The van der Waals surface area contributed by atoms with Crippen molar-refractivity contribution in [3.8, 4) is 5.75 Å². The van der Waals surface area contributed by atoms with Gasteiger partial charge in [0.2, 0.25) is 0 Å². The lowest BCUT2D eigenvalue weighted by Crippen LogP contribution is -2.37. The van der Waals surface area contributed by atoms with E-state index in [2.05, 4.69) is 6.07 Å². The van der Waals surface area contributed by atoms with Gasteiger partial charge >= 0.3 is 0 Å². The first kappa shape index (κ1) is 14.1. The second-order valence-electron chi connectivity index (χ2n) is 5.71. The van der Waals surface area contributed by atoms with Crippen LogP contribution in [0.1, 0.15) is 23.5 Å². The third-order valence-electron chi connectivity index (χ3n) is 4.43. The summed E-state index contributed by atoms with van der Waals surface area (Å²) in [4.78, 5) is 0. The quantitative estimate of drug-likeness (QED) is 0.887. The molecule has 0 fully saturated rings. The van der Waals surface area contributed by atoms with Crippen LogP contribution in [0, 0.1) is 0 Å². The minimum Gasteiger partial charge on any atom is -0.493 e. The van der Waals surface area contributed by atoms with Crippen LogP contribution in [0.25, 0.3) is 0 Å². The first-order chi connectivity index (χ1) is 10.3. The molecular formula is C18H20O3. The monoisotopic (exact) mass is 284 g/mol. The summed E-state index contributed by atoms with van der Waals surface area (Å²) in [6.45, 7) is 0.451. The highest BCUT2D eigenvalue weighted by atomic mass is 16.5. The number of ether oxygens (including phenoxy) is 1. The van der Waals surface area contributed by atoms with Gasteiger partial charge in [-0.15, -0.1) is 0 Å². The predicted octanol–water partition coefficient (Wildman–Crippen LogP) is 2.48. The first-order valence-electron chi connectivity index (χ1n) is 7.28. The second kappa shape index (κ2) is 5.88. The molecule has 1 aliphatic rings. The third kappa shape index (κ3) is 2.55. The van der Waals surface area contributed by atoms with Gasteiger partial charge < -0.3 is 14.9 Å². The molecule has 0 saturated heterocycles. The highest BCUT2D eigenvalue weighted by Gasteiger charge is 2.37. The second-order valence-corrected chi connectivity index (χ2v) is 5.71. The van der Waals surface area contributed by atoms with E-state index in [-0.39, 0.29) is 19.1 Å². The van der Waals surface area contributed by atoms with Crippen LogP contribution in [0.3, 0.4) is 0 Å². The van der Waals surface area contributed by atoms with E-state index in [0.29, 0.717) is 13.0 Å². The molecule has 0 spiro atoms. The molecule has 1 heterocycles. The topological polar surface area (TPSA) is 49.7 Å². The van der Waals surface area contributed by atoms with Crippen LogP contribution in [-0.4, -0.2) is 30.0 Å². The Labute approximate surface area is 124 Å². The number of benzene rings is 2. The molecule has 0 amide bonds. The summed E-state index contributed by atoms with van der Waals surface area (Å²) in [7, 11) is 0.